The van der Waals surface area contributed by atoms with Gasteiger partial charge in [0, 0.05) is 28.4 Å². The minimum Gasteiger partial charge on any atom is -0.506 e. The summed E-state index contributed by atoms with van der Waals surface area (Å²) in [6.07, 6.45) is 0. The van der Waals surface area contributed by atoms with E-state index in [0.29, 0.717) is 14.0 Å². The van der Waals surface area contributed by atoms with Crippen LogP contribution in [0.4, 0.5) is 0 Å². The van der Waals surface area contributed by atoms with Crippen LogP contribution >= 0.6 is 23.5 Å². The maximum Gasteiger partial charge on any atom is 0.337 e. The summed E-state index contributed by atoms with van der Waals surface area (Å²) in [5.74, 6) is -0.532. The van der Waals surface area contributed by atoms with Crippen molar-refractivity contribution < 1.29 is 19.7 Å². The van der Waals surface area contributed by atoms with Gasteiger partial charge in [0.2, 0.25) is 0 Å². The van der Waals surface area contributed by atoms with Gasteiger partial charge in [0.05, 0.1) is 27.7 Å². The first-order valence-corrected chi connectivity index (χ1v) is 12.0. The Balaban J connectivity index is 1.50. The molecule has 7 heteroatoms. The Morgan fingerprint density at radius 2 is 1.42 bits per heavy atom. The first-order chi connectivity index (χ1) is 16.1. The third-order valence-corrected chi connectivity index (χ3v) is 10.0. The molecule has 1 spiro atoms. The molecule has 0 bridgehead atoms. The van der Waals surface area contributed by atoms with E-state index in [-0.39, 0.29) is 34.4 Å². The topological polar surface area (TPSA) is 71.1 Å². The lowest BCUT2D eigenvalue weighted by Crippen LogP contribution is -2.52. The molecule has 1 aliphatic heterocycles. The van der Waals surface area contributed by atoms with Gasteiger partial charge in [0.25, 0.3) is 5.70 Å². The summed E-state index contributed by atoms with van der Waals surface area (Å²) in [6.45, 7) is 7.42. The third-order valence-electron chi connectivity index (χ3n) is 7.43. The summed E-state index contributed by atoms with van der Waals surface area (Å²) < 4.78 is 5.16. The number of phenolic OH excluding ortho intramolecular Hbond substituents is 2. The normalized spacial score (nSPS) is 24.1. The maximum absolute atomic E-state index is 12.1. The number of rotatable bonds is 1. The van der Waals surface area contributed by atoms with Crippen molar-refractivity contribution in [1.82, 2.24) is 0 Å². The van der Waals surface area contributed by atoms with Crippen LogP contribution in [0.15, 0.2) is 68.3 Å². The lowest BCUT2D eigenvalue weighted by Gasteiger charge is -2.58. The number of thioether (sulfide) groups is 2. The number of ether oxygens (including phenoxy) is 1. The molecule has 33 heavy (non-hydrogen) atoms. The van der Waals surface area contributed by atoms with Crippen molar-refractivity contribution in [2.24, 2.45) is 0 Å². The Morgan fingerprint density at radius 3 is 1.88 bits per heavy atom. The highest BCUT2D eigenvalue weighted by atomic mass is 32.2. The second kappa shape index (κ2) is 6.16. The summed E-state index contributed by atoms with van der Waals surface area (Å²) in [6, 6.07) is 16.6. The molecule has 2 unspecified atom stereocenters. The van der Waals surface area contributed by atoms with E-state index in [9.17, 15) is 15.0 Å². The van der Waals surface area contributed by atoms with E-state index in [2.05, 4.69) is 29.1 Å². The first kappa shape index (κ1) is 19.2. The van der Waals surface area contributed by atoms with Crippen molar-refractivity contribution in [3.8, 4) is 11.5 Å². The zero-order valence-corrected chi connectivity index (χ0v) is 18.9. The number of carbonyl (C=O) groups excluding carboxylic acids is 1. The number of hydrogen-bond donors (Lipinski definition) is 2. The Bertz CT molecular complexity index is 1440. The monoisotopic (exact) mass is 469 g/mol. The Kier molecular flexibility index (Phi) is 3.58. The van der Waals surface area contributed by atoms with Gasteiger partial charge in [-0.1, -0.05) is 72.1 Å². The van der Waals surface area contributed by atoms with Crippen LogP contribution in [0.5, 0.6) is 11.5 Å². The van der Waals surface area contributed by atoms with E-state index in [1.54, 1.807) is 0 Å². The van der Waals surface area contributed by atoms with E-state index < -0.39 is 5.97 Å². The Hall–Kier alpha value is -3.34. The molecule has 3 aromatic carbocycles. The predicted molar refractivity (Wildman–Crippen MR) is 124 cm³/mol. The fraction of sp³-hybridized carbons (Fsp3) is 0.154. The number of esters is 1. The molecular weight excluding hydrogens is 454 g/mol. The Labute approximate surface area is 197 Å². The van der Waals surface area contributed by atoms with Crippen LogP contribution in [0.1, 0.15) is 45.2 Å². The molecule has 1 heterocycles. The highest BCUT2D eigenvalue weighted by Gasteiger charge is 2.71. The molecule has 0 radical (unpaired) electrons. The lowest BCUT2D eigenvalue weighted by atomic mass is 9.43. The second-order valence-electron chi connectivity index (χ2n) is 8.54. The van der Waals surface area contributed by atoms with Crippen molar-refractivity contribution in [2.75, 3.05) is 7.11 Å². The van der Waals surface area contributed by atoms with Crippen LogP contribution in [-0.4, -0.2) is 23.3 Å². The molecule has 3 aromatic rings. The van der Waals surface area contributed by atoms with E-state index in [0.717, 1.165) is 34.7 Å². The summed E-state index contributed by atoms with van der Waals surface area (Å²) in [4.78, 5) is 16.4. The predicted octanol–water partition coefficient (Wildman–Crippen LogP) is 5.45. The van der Waals surface area contributed by atoms with Crippen molar-refractivity contribution in [2.45, 2.75) is 27.0 Å². The van der Waals surface area contributed by atoms with Crippen molar-refractivity contribution >= 4 is 29.5 Å². The van der Waals surface area contributed by atoms with Gasteiger partial charge in [0.15, 0.2) is 0 Å². The number of hydrogen-bond acceptors (Lipinski definition) is 6. The quantitative estimate of drug-likeness (QED) is 0.214. The number of benzene rings is 3. The summed E-state index contributed by atoms with van der Waals surface area (Å²) in [7, 11) is 1.23. The number of fused-ring (bicyclic) bond motifs is 8. The molecule has 5 nitrogen and oxygen atoms in total. The molecule has 3 aliphatic carbocycles. The molecule has 4 aliphatic rings. The summed E-state index contributed by atoms with van der Waals surface area (Å²) in [5, 5.41) is 23.1. The first-order valence-electron chi connectivity index (χ1n) is 10.4. The van der Waals surface area contributed by atoms with Gasteiger partial charge in [-0.25, -0.2) is 4.85 Å². The SMILES string of the molecule is [C-]#[N+]C(C(=O)OC)=C1Sc2c(O)c3c(c(O)c2S1)C1c2ccccc2C12c1ccccc1C32. The van der Waals surface area contributed by atoms with Crippen LogP contribution in [-0.2, 0) is 14.9 Å². The number of aromatic hydroxyl groups is 2. The number of methoxy groups -OCH3 is 1. The Morgan fingerprint density at radius 1 is 0.939 bits per heavy atom. The van der Waals surface area contributed by atoms with Crippen molar-refractivity contribution in [1.29, 1.82) is 0 Å². The van der Waals surface area contributed by atoms with Gasteiger partial charge in [-0.05, 0) is 22.3 Å². The average molecular weight is 470 g/mol. The molecule has 0 fully saturated rings. The van der Waals surface area contributed by atoms with Crippen molar-refractivity contribution in [3.05, 3.63) is 103 Å². The zero-order chi connectivity index (χ0) is 22.6. The smallest absolute Gasteiger partial charge is 0.337 e. The zero-order valence-electron chi connectivity index (χ0n) is 17.2. The average Bonchev–Trinajstić information content (AvgIpc) is 3.35. The summed E-state index contributed by atoms with van der Waals surface area (Å²) >= 11 is 2.30. The molecule has 2 atom stereocenters. The summed E-state index contributed by atoms with van der Waals surface area (Å²) in [5.41, 5.74) is 6.00. The van der Waals surface area contributed by atoms with E-state index in [4.69, 9.17) is 11.3 Å². The molecule has 0 aromatic heterocycles. The molecular formula is C26H15NO4S2. The van der Waals surface area contributed by atoms with Gasteiger partial charge >= 0.3 is 5.97 Å². The third kappa shape index (κ3) is 1.93. The number of phenols is 2. The van der Waals surface area contributed by atoms with E-state index >= 15 is 0 Å². The van der Waals surface area contributed by atoms with Gasteiger partial charge in [-0.15, -0.1) is 0 Å². The largest absolute Gasteiger partial charge is 0.506 e. The van der Waals surface area contributed by atoms with Crippen LogP contribution in [0, 0.1) is 6.57 Å². The fourth-order valence-electron chi connectivity index (χ4n) is 6.35. The maximum atomic E-state index is 12.1. The molecule has 0 saturated carbocycles. The minimum absolute atomic E-state index is 0.0423. The molecule has 0 amide bonds. The van der Waals surface area contributed by atoms with Gasteiger partial charge in [-0.2, -0.15) is 0 Å². The van der Waals surface area contributed by atoms with Crippen LogP contribution in [0.25, 0.3) is 4.85 Å². The van der Waals surface area contributed by atoms with Crippen molar-refractivity contribution in [3.63, 3.8) is 0 Å². The number of carbonyl (C=O) groups is 1. The highest BCUT2D eigenvalue weighted by molar-refractivity contribution is 8.24. The van der Waals surface area contributed by atoms with Crippen LogP contribution in [0.3, 0.4) is 0 Å². The minimum atomic E-state index is -0.723. The second-order valence-corrected chi connectivity index (χ2v) is 10.8. The molecule has 7 rings (SSSR count). The van der Waals surface area contributed by atoms with Gasteiger partial charge in [0.1, 0.15) is 11.5 Å². The van der Waals surface area contributed by atoms with Gasteiger partial charge in [-0.3, -0.25) is 4.79 Å². The molecule has 160 valence electrons. The highest BCUT2D eigenvalue weighted by Crippen LogP contribution is 2.80. The number of nitrogens with zero attached hydrogens (tertiary/aromatic N) is 1. The standard InChI is InChI=1S/C26H15NO4S2/c1-27-19(24(30)31-2)25-32-22-20(28)15-16(21(29)23(22)33-25)18-12-8-4-6-10-14(12)26(18)13-9-5-3-7-11(13)17(15)26/h3-10,17-18,28-29H,2H3. The molecule has 0 saturated heterocycles. The van der Waals surface area contributed by atoms with E-state index in [1.807, 2.05) is 24.3 Å². The van der Waals surface area contributed by atoms with Gasteiger partial charge < -0.3 is 14.9 Å². The van der Waals surface area contributed by atoms with Crippen LogP contribution < -0.4 is 0 Å². The molecule has 2 N–H and O–H groups in total. The lowest BCUT2D eigenvalue weighted by molar-refractivity contribution is -0.135. The van der Waals surface area contributed by atoms with Crippen LogP contribution in [0.2, 0.25) is 0 Å². The fourth-order valence-corrected chi connectivity index (χ4v) is 8.88. The van der Waals surface area contributed by atoms with E-state index in [1.165, 1.54) is 29.4 Å².